The van der Waals surface area contributed by atoms with Gasteiger partial charge in [0, 0.05) is 36.3 Å². The summed E-state index contributed by atoms with van der Waals surface area (Å²) in [6.07, 6.45) is 2.69. The predicted octanol–water partition coefficient (Wildman–Crippen LogP) is 4.48. The molecule has 1 heterocycles. The van der Waals surface area contributed by atoms with Crippen LogP contribution in [0.5, 0.6) is 0 Å². The lowest BCUT2D eigenvalue weighted by Gasteiger charge is -2.28. The van der Waals surface area contributed by atoms with Gasteiger partial charge in [-0.25, -0.2) is 4.99 Å². The molecule has 5 nitrogen and oxygen atoms in total. The Balaban J connectivity index is 1.71. The Labute approximate surface area is 194 Å². The zero-order valence-corrected chi connectivity index (χ0v) is 19.4. The number of nitrogens with zero attached hydrogens (tertiary/aromatic N) is 3. The highest BCUT2D eigenvalue weighted by Crippen LogP contribution is 2.31. The second-order valence-corrected chi connectivity index (χ2v) is 8.97. The first-order valence-corrected chi connectivity index (χ1v) is 11.5. The molecule has 162 valence electrons. The number of anilines is 1. The molecular formula is C24H27ClN4OS. The first-order chi connectivity index (χ1) is 15.0. The maximum absolute atomic E-state index is 13.4. The molecule has 4 rings (SSSR count). The van der Waals surface area contributed by atoms with Crippen molar-refractivity contribution in [1.29, 1.82) is 0 Å². The maximum Gasteiger partial charge on any atom is 0.272 e. The van der Waals surface area contributed by atoms with Gasteiger partial charge in [0.15, 0.2) is 5.11 Å². The summed E-state index contributed by atoms with van der Waals surface area (Å²) in [5.74, 6) is 0.549. The molecule has 1 unspecified atom stereocenters. The summed E-state index contributed by atoms with van der Waals surface area (Å²) in [6.45, 7) is 3.94. The second kappa shape index (κ2) is 9.37. The molecule has 2 aromatic rings. The summed E-state index contributed by atoms with van der Waals surface area (Å²) in [4.78, 5) is 22.1. The van der Waals surface area contributed by atoms with Gasteiger partial charge in [-0.05, 0) is 55.6 Å². The molecule has 2 aromatic carbocycles. The predicted molar refractivity (Wildman–Crippen MR) is 131 cm³/mol. The van der Waals surface area contributed by atoms with Crippen molar-refractivity contribution in [3.05, 3.63) is 64.7 Å². The summed E-state index contributed by atoms with van der Waals surface area (Å²) in [5.41, 5.74) is 3.25. The molecule has 1 aliphatic heterocycles. The fourth-order valence-electron chi connectivity index (χ4n) is 3.83. The van der Waals surface area contributed by atoms with Crippen molar-refractivity contribution in [2.24, 2.45) is 10.9 Å². The molecule has 1 N–H and O–H groups in total. The Morgan fingerprint density at radius 3 is 2.68 bits per heavy atom. The minimum absolute atomic E-state index is 0.153. The Morgan fingerprint density at radius 2 is 2.00 bits per heavy atom. The Hall–Kier alpha value is -2.44. The molecule has 1 aliphatic carbocycles. The van der Waals surface area contributed by atoms with Crippen LogP contribution in [-0.4, -0.2) is 47.9 Å². The zero-order chi connectivity index (χ0) is 22.0. The van der Waals surface area contributed by atoms with E-state index >= 15 is 0 Å². The van der Waals surface area contributed by atoms with Crippen LogP contribution in [-0.2, 0) is 4.79 Å². The van der Waals surface area contributed by atoms with Crippen molar-refractivity contribution >= 4 is 46.2 Å². The number of hydrogen-bond donors (Lipinski definition) is 1. The van der Waals surface area contributed by atoms with Crippen LogP contribution in [0.3, 0.4) is 0 Å². The molecule has 1 saturated carbocycles. The van der Waals surface area contributed by atoms with E-state index in [1.807, 2.05) is 42.5 Å². The molecule has 1 amide bonds. The van der Waals surface area contributed by atoms with Crippen molar-refractivity contribution < 1.29 is 4.79 Å². The monoisotopic (exact) mass is 454 g/mol. The van der Waals surface area contributed by atoms with E-state index < -0.39 is 6.17 Å². The van der Waals surface area contributed by atoms with Crippen molar-refractivity contribution in [2.75, 3.05) is 25.0 Å². The lowest BCUT2D eigenvalue weighted by molar-refractivity contribution is -0.119. The van der Waals surface area contributed by atoms with Gasteiger partial charge in [0.1, 0.15) is 0 Å². The summed E-state index contributed by atoms with van der Waals surface area (Å²) >= 11 is 12.0. The molecule has 31 heavy (non-hydrogen) atoms. The molecule has 0 saturated heterocycles. The number of rotatable bonds is 6. The van der Waals surface area contributed by atoms with Gasteiger partial charge in [-0.2, -0.15) is 0 Å². The van der Waals surface area contributed by atoms with E-state index in [9.17, 15) is 4.79 Å². The van der Waals surface area contributed by atoms with Crippen molar-refractivity contribution in [3.63, 3.8) is 0 Å². The quantitative estimate of drug-likeness (QED) is 0.654. The number of hydrogen-bond acceptors (Lipinski definition) is 3. The second-order valence-electron chi connectivity index (χ2n) is 8.14. The number of aliphatic imine (C=N–C) groups is 1. The first kappa shape index (κ1) is 21.8. The molecule has 1 atom stereocenters. The van der Waals surface area contributed by atoms with Crippen LogP contribution in [0.2, 0.25) is 5.02 Å². The topological polar surface area (TPSA) is 47.9 Å². The zero-order valence-electron chi connectivity index (χ0n) is 17.8. The van der Waals surface area contributed by atoms with E-state index in [0.29, 0.717) is 16.1 Å². The van der Waals surface area contributed by atoms with E-state index in [2.05, 4.69) is 17.1 Å². The van der Waals surface area contributed by atoms with Gasteiger partial charge in [-0.3, -0.25) is 4.79 Å². The molecule has 1 fully saturated rings. The van der Waals surface area contributed by atoms with Crippen LogP contribution < -0.4 is 10.2 Å². The van der Waals surface area contributed by atoms with E-state index in [-0.39, 0.29) is 5.91 Å². The highest BCUT2D eigenvalue weighted by atomic mass is 35.5. The Kier molecular flexibility index (Phi) is 6.58. The SMILES string of the molecule is CCCN(CC1CC1)C(=S)NC1N=C(c2ccccc2)c2cc(Cl)ccc2N(C)C1=O. The van der Waals surface area contributed by atoms with E-state index in [0.717, 1.165) is 42.0 Å². The van der Waals surface area contributed by atoms with Crippen LogP contribution in [0.25, 0.3) is 0 Å². The van der Waals surface area contributed by atoms with E-state index in [1.54, 1.807) is 18.0 Å². The van der Waals surface area contributed by atoms with Gasteiger partial charge in [0.05, 0.1) is 11.4 Å². The third-order valence-corrected chi connectivity index (χ3v) is 6.27. The number of benzodiazepines with no additional fused rings is 1. The standard InChI is InChI=1S/C24H27ClN4OS/c1-3-13-29(15-16-9-10-16)24(31)27-22-23(30)28(2)20-12-11-18(25)14-19(20)21(26-22)17-7-5-4-6-8-17/h4-8,11-12,14,16,22H,3,9-10,13,15H2,1-2H3,(H,27,31). The Morgan fingerprint density at radius 1 is 1.26 bits per heavy atom. The van der Waals surface area contributed by atoms with Crippen molar-refractivity contribution in [2.45, 2.75) is 32.4 Å². The third kappa shape index (κ3) is 4.91. The average molecular weight is 455 g/mol. The van der Waals surface area contributed by atoms with E-state index in [1.165, 1.54) is 12.8 Å². The van der Waals surface area contributed by atoms with Gasteiger partial charge in [0.2, 0.25) is 6.17 Å². The Bertz CT molecular complexity index is 1010. The fraction of sp³-hybridized carbons (Fsp3) is 0.375. The number of likely N-dealkylation sites (N-methyl/N-ethyl adjacent to an activating group) is 1. The molecule has 0 radical (unpaired) electrons. The van der Waals surface area contributed by atoms with Gasteiger partial charge in [0.25, 0.3) is 5.91 Å². The molecular weight excluding hydrogens is 428 g/mol. The number of carbonyl (C=O) groups excluding carboxylic acids is 1. The minimum atomic E-state index is -0.808. The molecule has 0 aromatic heterocycles. The van der Waals surface area contributed by atoms with Crippen LogP contribution in [0, 0.1) is 5.92 Å². The number of benzene rings is 2. The summed E-state index contributed by atoms with van der Waals surface area (Å²) in [7, 11) is 1.77. The number of amides is 1. The van der Waals surface area contributed by atoms with Gasteiger partial charge in [-0.15, -0.1) is 0 Å². The van der Waals surface area contributed by atoms with Crippen molar-refractivity contribution in [3.8, 4) is 0 Å². The first-order valence-electron chi connectivity index (χ1n) is 10.7. The molecule has 0 spiro atoms. The molecule has 0 bridgehead atoms. The van der Waals surface area contributed by atoms with Crippen molar-refractivity contribution in [1.82, 2.24) is 10.2 Å². The maximum atomic E-state index is 13.4. The van der Waals surface area contributed by atoms with Crippen LogP contribution in [0.1, 0.15) is 37.3 Å². The van der Waals surface area contributed by atoms with Gasteiger partial charge >= 0.3 is 0 Å². The number of carbonyl (C=O) groups is 1. The fourth-order valence-corrected chi connectivity index (χ4v) is 4.28. The highest BCUT2D eigenvalue weighted by Gasteiger charge is 2.32. The third-order valence-electron chi connectivity index (χ3n) is 5.66. The summed E-state index contributed by atoms with van der Waals surface area (Å²) in [5, 5.41) is 4.44. The number of nitrogens with one attached hydrogen (secondary N) is 1. The average Bonchev–Trinajstić information content (AvgIpc) is 3.60. The lowest BCUT2D eigenvalue weighted by atomic mass is 10.0. The minimum Gasteiger partial charge on any atom is -0.349 e. The van der Waals surface area contributed by atoms with Gasteiger partial charge in [-0.1, -0.05) is 48.9 Å². The van der Waals surface area contributed by atoms with Crippen LogP contribution in [0.4, 0.5) is 5.69 Å². The van der Waals surface area contributed by atoms with Crippen LogP contribution in [0.15, 0.2) is 53.5 Å². The smallest absolute Gasteiger partial charge is 0.272 e. The number of thiocarbonyl (C=S) groups is 1. The normalized spacial score (nSPS) is 18.2. The summed E-state index contributed by atoms with van der Waals surface area (Å²) < 4.78 is 0. The highest BCUT2D eigenvalue weighted by molar-refractivity contribution is 7.80. The van der Waals surface area contributed by atoms with E-state index in [4.69, 9.17) is 28.8 Å². The van der Waals surface area contributed by atoms with Gasteiger partial charge < -0.3 is 15.1 Å². The number of halogens is 1. The molecule has 7 heteroatoms. The number of fused-ring (bicyclic) bond motifs is 1. The summed E-state index contributed by atoms with van der Waals surface area (Å²) in [6, 6.07) is 15.4. The lowest BCUT2D eigenvalue weighted by Crippen LogP contribution is -2.51. The van der Waals surface area contributed by atoms with Crippen LogP contribution >= 0.6 is 23.8 Å². The molecule has 2 aliphatic rings. The largest absolute Gasteiger partial charge is 0.349 e.